The molecule has 0 atom stereocenters. The molecule has 0 fully saturated rings. The summed E-state index contributed by atoms with van der Waals surface area (Å²) < 4.78 is 9.95. The van der Waals surface area contributed by atoms with Crippen molar-refractivity contribution in [2.45, 2.75) is 0 Å². The lowest BCUT2D eigenvalue weighted by molar-refractivity contribution is 0.0936. The van der Waals surface area contributed by atoms with Gasteiger partial charge in [-0.15, -0.1) is 0 Å². The van der Waals surface area contributed by atoms with Crippen LogP contribution in [0.2, 0.25) is 0 Å². The molecule has 6 nitrogen and oxygen atoms in total. The van der Waals surface area contributed by atoms with E-state index < -0.39 is 0 Å². The Balaban J connectivity index is 2.02. The molecule has 0 spiro atoms. The van der Waals surface area contributed by atoms with E-state index in [1.165, 1.54) is 0 Å². The molecule has 6 heteroatoms. The summed E-state index contributed by atoms with van der Waals surface area (Å²) in [7, 11) is 3.14. The summed E-state index contributed by atoms with van der Waals surface area (Å²) in [6.45, 7) is 0.872. The van der Waals surface area contributed by atoms with E-state index in [9.17, 15) is 9.59 Å². The minimum Gasteiger partial charge on any atom is -0.497 e. The molecule has 2 aromatic carbocycles. The number of methoxy groups -OCH3 is 2. The van der Waals surface area contributed by atoms with E-state index in [4.69, 9.17) is 9.47 Å². The van der Waals surface area contributed by atoms with Gasteiger partial charge in [-0.2, -0.15) is 0 Å². The van der Waals surface area contributed by atoms with Gasteiger partial charge >= 0.3 is 0 Å². The Kier molecular flexibility index (Phi) is 6.33. The predicted molar refractivity (Wildman–Crippen MR) is 91.6 cm³/mol. The molecule has 0 aromatic heterocycles. The van der Waals surface area contributed by atoms with Crippen LogP contribution in [-0.4, -0.2) is 39.2 Å². The van der Waals surface area contributed by atoms with Crippen LogP contribution in [0.1, 0.15) is 20.7 Å². The molecule has 0 saturated carbocycles. The minimum absolute atomic E-state index is 0.215. The van der Waals surface area contributed by atoms with Crippen molar-refractivity contribution in [3.63, 3.8) is 0 Å². The van der Waals surface area contributed by atoms with Crippen molar-refractivity contribution in [3.8, 4) is 5.75 Å². The molecule has 2 N–H and O–H groups in total. The molecule has 0 aliphatic carbocycles. The molecular weight excluding hydrogens is 308 g/mol. The summed E-state index contributed by atoms with van der Waals surface area (Å²) >= 11 is 0. The normalized spacial score (nSPS) is 10.1. The van der Waals surface area contributed by atoms with Gasteiger partial charge in [0.05, 0.1) is 13.7 Å². The summed E-state index contributed by atoms with van der Waals surface area (Å²) in [5.41, 5.74) is 1.53. The van der Waals surface area contributed by atoms with E-state index in [-0.39, 0.29) is 11.8 Å². The Bertz CT molecular complexity index is 698. The molecular formula is C18H20N2O4. The highest BCUT2D eigenvalue weighted by atomic mass is 16.5. The number of amides is 2. The topological polar surface area (TPSA) is 76.7 Å². The van der Waals surface area contributed by atoms with Crippen LogP contribution in [0.15, 0.2) is 48.5 Å². The highest BCUT2D eigenvalue weighted by molar-refractivity contribution is 6.05. The van der Waals surface area contributed by atoms with Crippen LogP contribution in [0, 0.1) is 0 Å². The lowest BCUT2D eigenvalue weighted by atomic mass is 10.1. The van der Waals surface area contributed by atoms with Gasteiger partial charge in [0.1, 0.15) is 5.75 Å². The maximum Gasteiger partial charge on any atom is 0.255 e. The third-order valence-electron chi connectivity index (χ3n) is 3.33. The van der Waals surface area contributed by atoms with Crippen molar-refractivity contribution in [1.82, 2.24) is 5.32 Å². The van der Waals surface area contributed by atoms with Gasteiger partial charge in [0, 0.05) is 30.5 Å². The number of hydrogen-bond acceptors (Lipinski definition) is 4. The van der Waals surface area contributed by atoms with Gasteiger partial charge in [-0.3, -0.25) is 9.59 Å². The molecule has 0 unspecified atom stereocenters. The Labute approximate surface area is 140 Å². The molecule has 0 heterocycles. The average Bonchev–Trinajstić information content (AvgIpc) is 2.62. The van der Waals surface area contributed by atoms with E-state index in [0.717, 1.165) is 0 Å². The number of hydrogen-bond donors (Lipinski definition) is 2. The summed E-state index contributed by atoms with van der Waals surface area (Å²) in [4.78, 5) is 24.2. The molecule has 2 aromatic rings. The van der Waals surface area contributed by atoms with Crippen molar-refractivity contribution >= 4 is 17.5 Å². The first-order valence-corrected chi connectivity index (χ1v) is 7.46. The number of ether oxygens (including phenoxy) is 2. The van der Waals surface area contributed by atoms with Crippen LogP contribution >= 0.6 is 0 Å². The summed E-state index contributed by atoms with van der Waals surface area (Å²) in [5.74, 6) is 0.212. The van der Waals surface area contributed by atoms with Crippen molar-refractivity contribution in [3.05, 3.63) is 59.7 Å². The quantitative estimate of drug-likeness (QED) is 0.765. The Morgan fingerprint density at radius 2 is 1.71 bits per heavy atom. The first-order chi connectivity index (χ1) is 11.6. The van der Waals surface area contributed by atoms with Crippen molar-refractivity contribution < 1.29 is 19.1 Å². The fraction of sp³-hybridized carbons (Fsp3) is 0.222. The van der Waals surface area contributed by atoms with Gasteiger partial charge < -0.3 is 20.1 Å². The van der Waals surface area contributed by atoms with Gasteiger partial charge in [0.25, 0.3) is 11.8 Å². The van der Waals surface area contributed by atoms with Crippen LogP contribution in [0.5, 0.6) is 5.75 Å². The molecule has 0 aliphatic rings. The van der Waals surface area contributed by atoms with E-state index >= 15 is 0 Å². The smallest absolute Gasteiger partial charge is 0.255 e. The molecule has 24 heavy (non-hydrogen) atoms. The molecule has 0 saturated heterocycles. The first kappa shape index (κ1) is 17.5. The van der Waals surface area contributed by atoms with Crippen LogP contribution in [0.3, 0.4) is 0 Å². The van der Waals surface area contributed by atoms with Crippen molar-refractivity contribution in [1.29, 1.82) is 0 Å². The summed E-state index contributed by atoms with van der Waals surface area (Å²) in [5, 5.41) is 5.51. The number of carbonyl (C=O) groups is 2. The number of carbonyl (C=O) groups excluding carboxylic acids is 2. The first-order valence-electron chi connectivity index (χ1n) is 7.46. The second-order valence-electron chi connectivity index (χ2n) is 5.01. The van der Waals surface area contributed by atoms with E-state index in [0.29, 0.717) is 35.7 Å². The zero-order valence-electron chi connectivity index (χ0n) is 13.7. The third kappa shape index (κ3) is 4.82. The molecule has 0 radical (unpaired) electrons. The maximum atomic E-state index is 12.2. The standard InChI is InChI=1S/C18H20N2O4/c1-23-11-10-19-17(21)14-4-3-5-15(12-14)20-18(22)13-6-8-16(24-2)9-7-13/h3-9,12H,10-11H2,1-2H3,(H,19,21)(H,20,22). The van der Waals surface area contributed by atoms with Gasteiger partial charge in [0.2, 0.25) is 0 Å². The van der Waals surface area contributed by atoms with E-state index in [1.54, 1.807) is 62.8 Å². The second-order valence-corrected chi connectivity index (χ2v) is 5.01. The average molecular weight is 328 g/mol. The zero-order valence-corrected chi connectivity index (χ0v) is 13.7. The lowest BCUT2D eigenvalue weighted by Crippen LogP contribution is -2.27. The second kappa shape index (κ2) is 8.69. The van der Waals surface area contributed by atoms with E-state index in [2.05, 4.69) is 10.6 Å². The summed E-state index contributed by atoms with van der Waals surface area (Å²) in [6, 6.07) is 13.5. The van der Waals surface area contributed by atoms with Gasteiger partial charge in [-0.25, -0.2) is 0 Å². The Hall–Kier alpha value is -2.86. The monoisotopic (exact) mass is 328 g/mol. The molecule has 126 valence electrons. The summed E-state index contributed by atoms with van der Waals surface area (Å²) in [6.07, 6.45) is 0. The lowest BCUT2D eigenvalue weighted by Gasteiger charge is -2.09. The number of benzene rings is 2. The molecule has 2 rings (SSSR count). The van der Waals surface area contributed by atoms with Crippen LogP contribution < -0.4 is 15.4 Å². The highest BCUT2D eigenvalue weighted by Gasteiger charge is 2.09. The Morgan fingerprint density at radius 3 is 2.38 bits per heavy atom. The molecule has 0 aliphatic heterocycles. The number of anilines is 1. The Morgan fingerprint density at radius 1 is 0.958 bits per heavy atom. The van der Waals surface area contributed by atoms with Gasteiger partial charge in [-0.1, -0.05) is 6.07 Å². The van der Waals surface area contributed by atoms with Crippen LogP contribution in [0.4, 0.5) is 5.69 Å². The molecule has 2 amide bonds. The van der Waals surface area contributed by atoms with Crippen molar-refractivity contribution in [2.24, 2.45) is 0 Å². The van der Waals surface area contributed by atoms with Crippen molar-refractivity contribution in [2.75, 3.05) is 32.7 Å². The number of rotatable bonds is 7. The highest BCUT2D eigenvalue weighted by Crippen LogP contribution is 2.15. The minimum atomic E-state index is -0.255. The van der Waals surface area contributed by atoms with Gasteiger partial charge in [-0.05, 0) is 42.5 Å². The third-order valence-corrected chi connectivity index (χ3v) is 3.33. The largest absolute Gasteiger partial charge is 0.497 e. The van der Waals surface area contributed by atoms with Crippen LogP contribution in [-0.2, 0) is 4.74 Å². The fourth-order valence-corrected chi connectivity index (χ4v) is 2.05. The van der Waals surface area contributed by atoms with Gasteiger partial charge in [0.15, 0.2) is 0 Å². The predicted octanol–water partition coefficient (Wildman–Crippen LogP) is 2.32. The molecule has 0 bridgehead atoms. The SMILES string of the molecule is COCCNC(=O)c1cccc(NC(=O)c2ccc(OC)cc2)c1. The number of nitrogens with one attached hydrogen (secondary N) is 2. The fourth-order valence-electron chi connectivity index (χ4n) is 2.05. The maximum absolute atomic E-state index is 12.2. The van der Waals surface area contributed by atoms with E-state index in [1.807, 2.05) is 0 Å². The zero-order chi connectivity index (χ0) is 17.4. The van der Waals surface area contributed by atoms with Crippen LogP contribution in [0.25, 0.3) is 0 Å².